The Morgan fingerprint density at radius 3 is 2.80 bits per heavy atom. The highest BCUT2D eigenvalue weighted by molar-refractivity contribution is 8.13. The van der Waals surface area contributed by atoms with E-state index in [2.05, 4.69) is 9.40 Å². The third kappa shape index (κ3) is 2.36. The van der Waals surface area contributed by atoms with E-state index >= 15 is 0 Å². The summed E-state index contributed by atoms with van der Waals surface area (Å²) in [7, 11) is 1.42. The number of hydrogen-bond acceptors (Lipinski definition) is 4. The van der Waals surface area contributed by atoms with Crippen molar-refractivity contribution in [3.05, 3.63) is 18.4 Å². The number of hydrogen-bond donors (Lipinski definition) is 0. The molecule has 0 atom stereocenters. The van der Waals surface area contributed by atoms with Crippen LogP contribution in [0.1, 0.15) is 5.69 Å². The van der Waals surface area contributed by atoms with Crippen molar-refractivity contribution in [3.8, 4) is 0 Å². The summed E-state index contributed by atoms with van der Waals surface area (Å²) in [6.07, 6.45) is 2.39. The lowest BCUT2D eigenvalue weighted by atomic mass is 10.6. The zero-order valence-electron chi connectivity index (χ0n) is 4.82. The Labute approximate surface area is 62.2 Å². The second kappa shape index (κ2) is 2.59. The van der Waals surface area contributed by atoms with Crippen LogP contribution in [0.25, 0.3) is 0 Å². The van der Waals surface area contributed by atoms with Crippen molar-refractivity contribution in [2.75, 3.05) is 0 Å². The van der Waals surface area contributed by atoms with Gasteiger partial charge in [0.1, 0.15) is 12.0 Å². The van der Waals surface area contributed by atoms with Crippen LogP contribution in [0.15, 0.2) is 17.1 Å². The Kier molecular flexibility index (Phi) is 1.96. The van der Waals surface area contributed by atoms with E-state index in [0.717, 1.165) is 6.39 Å². The van der Waals surface area contributed by atoms with Gasteiger partial charge in [0, 0.05) is 10.7 Å². The summed E-state index contributed by atoms with van der Waals surface area (Å²) in [5.41, 5.74) is 0.315. The van der Waals surface area contributed by atoms with Gasteiger partial charge in [-0.15, -0.1) is 0 Å². The van der Waals surface area contributed by atoms with Gasteiger partial charge in [-0.2, -0.15) is 0 Å². The first kappa shape index (κ1) is 7.56. The molecule has 6 heteroatoms. The highest BCUT2D eigenvalue weighted by atomic mass is 35.7. The summed E-state index contributed by atoms with van der Waals surface area (Å²) >= 11 is 0. The summed E-state index contributed by atoms with van der Waals surface area (Å²) in [6, 6.07) is 0. The molecular weight excluding hydrogens is 178 g/mol. The molecule has 0 aliphatic heterocycles. The molecule has 0 fully saturated rings. The molecule has 1 rings (SSSR count). The molecule has 56 valence electrons. The third-order valence-corrected chi connectivity index (χ3v) is 1.77. The highest BCUT2D eigenvalue weighted by Gasteiger charge is 2.08. The van der Waals surface area contributed by atoms with Crippen LogP contribution >= 0.6 is 10.7 Å². The minimum atomic E-state index is -3.50. The molecule has 0 saturated heterocycles. The Hall–Kier alpha value is -0.550. The molecule has 1 heterocycles. The average Bonchev–Trinajstić information content (AvgIpc) is 2.12. The molecule has 0 N–H and O–H groups in total. The third-order valence-electron chi connectivity index (χ3n) is 0.804. The van der Waals surface area contributed by atoms with Gasteiger partial charge in [-0.1, -0.05) is 0 Å². The number of aromatic nitrogens is 1. The van der Waals surface area contributed by atoms with Crippen LogP contribution in [-0.2, 0) is 14.8 Å². The van der Waals surface area contributed by atoms with Gasteiger partial charge in [-0.3, -0.25) is 0 Å². The topological polar surface area (TPSA) is 60.2 Å². The largest absolute Gasteiger partial charge is 0.451 e. The fourth-order valence-corrected chi connectivity index (χ4v) is 1.32. The number of halogens is 1. The van der Waals surface area contributed by atoms with Gasteiger partial charge in [0.25, 0.3) is 0 Å². The molecule has 1 aromatic heterocycles. The summed E-state index contributed by atoms with van der Waals surface area (Å²) in [5.74, 6) is -0.287. The molecule has 0 aliphatic rings. The lowest BCUT2D eigenvalue weighted by Gasteiger charge is -1.86. The van der Waals surface area contributed by atoms with E-state index in [0.29, 0.717) is 5.69 Å². The van der Waals surface area contributed by atoms with Crippen molar-refractivity contribution in [1.29, 1.82) is 0 Å². The Morgan fingerprint density at radius 2 is 2.40 bits per heavy atom. The van der Waals surface area contributed by atoms with Crippen molar-refractivity contribution < 1.29 is 12.8 Å². The van der Waals surface area contributed by atoms with E-state index in [9.17, 15) is 8.42 Å². The molecule has 0 aromatic carbocycles. The molecule has 0 aliphatic carbocycles. The first-order chi connectivity index (χ1) is 4.58. The lowest BCUT2D eigenvalue weighted by molar-refractivity contribution is 0.556. The Bertz CT molecular complexity index is 290. The second-order valence-electron chi connectivity index (χ2n) is 1.66. The van der Waals surface area contributed by atoms with E-state index in [-0.39, 0.29) is 5.75 Å². The van der Waals surface area contributed by atoms with E-state index in [1.54, 1.807) is 0 Å². The van der Waals surface area contributed by atoms with Gasteiger partial charge in [-0.05, 0) is 0 Å². The molecular formula is C4H4ClNO3S. The Balaban J connectivity index is 2.75. The van der Waals surface area contributed by atoms with Crippen LogP contribution in [0, 0.1) is 0 Å². The van der Waals surface area contributed by atoms with Crippen molar-refractivity contribution in [3.63, 3.8) is 0 Å². The summed E-state index contributed by atoms with van der Waals surface area (Å²) in [4.78, 5) is 3.57. The SMILES string of the molecule is O=S(=O)(Cl)Cc1cocn1. The normalized spacial score (nSPS) is 11.7. The maximum atomic E-state index is 10.4. The second-order valence-corrected chi connectivity index (χ2v) is 4.44. The fourth-order valence-electron chi connectivity index (χ4n) is 0.485. The van der Waals surface area contributed by atoms with E-state index in [1.165, 1.54) is 6.26 Å². The van der Waals surface area contributed by atoms with Crippen LogP contribution < -0.4 is 0 Å². The quantitative estimate of drug-likeness (QED) is 0.632. The van der Waals surface area contributed by atoms with Crippen molar-refractivity contribution in [2.24, 2.45) is 0 Å². The minimum Gasteiger partial charge on any atom is -0.451 e. The van der Waals surface area contributed by atoms with Crippen LogP contribution in [-0.4, -0.2) is 13.4 Å². The molecule has 0 bridgehead atoms. The summed E-state index contributed by atoms with van der Waals surface area (Å²) < 4.78 is 25.3. The monoisotopic (exact) mass is 181 g/mol. The van der Waals surface area contributed by atoms with Gasteiger partial charge in [0.2, 0.25) is 9.05 Å². The number of nitrogens with zero attached hydrogens (tertiary/aromatic N) is 1. The first-order valence-corrected chi connectivity index (χ1v) is 4.85. The van der Waals surface area contributed by atoms with Crippen molar-refractivity contribution >= 4 is 19.7 Å². The molecule has 0 spiro atoms. The summed E-state index contributed by atoms with van der Waals surface area (Å²) in [6.45, 7) is 0. The van der Waals surface area contributed by atoms with Crippen LogP contribution in [0.5, 0.6) is 0 Å². The van der Waals surface area contributed by atoms with Gasteiger partial charge in [0.05, 0.1) is 5.69 Å². The van der Waals surface area contributed by atoms with E-state index in [4.69, 9.17) is 10.7 Å². The fraction of sp³-hybridized carbons (Fsp3) is 0.250. The smallest absolute Gasteiger partial charge is 0.238 e. The Morgan fingerprint density at radius 1 is 1.70 bits per heavy atom. The van der Waals surface area contributed by atoms with E-state index in [1.807, 2.05) is 0 Å². The predicted molar refractivity (Wildman–Crippen MR) is 35.0 cm³/mol. The molecule has 0 amide bonds. The molecule has 1 aromatic rings. The van der Waals surface area contributed by atoms with Crippen molar-refractivity contribution in [2.45, 2.75) is 5.75 Å². The van der Waals surface area contributed by atoms with Crippen LogP contribution in [0.3, 0.4) is 0 Å². The van der Waals surface area contributed by atoms with Gasteiger partial charge in [-0.25, -0.2) is 13.4 Å². The van der Waals surface area contributed by atoms with Crippen molar-refractivity contribution in [1.82, 2.24) is 4.98 Å². The maximum absolute atomic E-state index is 10.4. The lowest BCUT2D eigenvalue weighted by Crippen LogP contribution is -1.94. The minimum absolute atomic E-state index is 0.287. The molecule has 0 unspecified atom stereocenters. The van der Waals surface area contributed by atoms with Gasteiger partial charge in [0.15, 0.2) is 6.39 Å². The number of rotatable bonds is 2. The van der Waals surface area contributed by atoms with E-state index < -0.39 is 9.05 Å². The average molecular weight is 182 g/mol. The zero-order valence-corrected chi connectivity index (χ0v) is 6.39. The van der Waals surface area contributed by atoms with Crippen LogP contribution in [0.2, 0.25) is 0 Å². The van der Waals surface area contributed by atoms with Gasteiger partial charge < -0.3 is 4.42 Å². The first-order valence-electron chi connectivity index (χ1n) is 2.37. The predicted octanol–water partition coefficient (Wildman–Crippen LogP) is 0.743. The molecule has 4 nitrogen and oxygen atoms in total. The summed E-state index contributed by atoms with van der Waals surface area (Å²) in [5, 5.41) is 0. The molecule has 10 heavy (non-hydrogen) atoms. The number of oxazole rings is 1. The van der Waals surface area contributed by atoms with Crippen LogP contribution in [0.4, 0.5) is 0 Å². The maximum Gasteiger partial charge on any atom is 0.238 e. The highest BCUT2D eigenvalue weighted by Crippen LogP contribution is 2.05. The molecule has 0 saturated carbocycles. The standard InChI is InChI=1S/C4H4ClNO3S/c5-10(7,8)2-4-1-9-3-6-4/h1,3H,2H2. The zero-order chi connectivity index (χ0) is 7.61. The molecule has 0 radical (unpaired) electrons. The van der Waals surface area contributed by atoms with Gasteiger partial charge >= 0.3 is 0 Å².